The number of nitrogens with one attached hydrogen (secondary N) is 1. The second kappa shape index (κ2) is 7.89. The number of aryl methyl sites for hydroxylation is 1. The molecule has 5 heteroatoms. The molecule has 1 aromatic carbocycles. The van der Waals surface area contributed by atoms with Crippen LogP contribution in [0.3, 0.4) is 0 Å². The lowest BCUT2D eigenvalue weighted by Crippen LogP contribution is -2.20. The number of carboxylic acid groups (broad SMARTS) is 1. The normalized spacial score (nSPS) is 10.4. The van der Waals surface area contributed by atoms with E-state index in [-0.39, 0.29) is 18.1 Å². The first-order valence-electron chi connectivity index (χ1n) is 6.23. The van der Waals surface area contributed by atoms with Gasteiger partial charge >= 0.3 is 5.97 Å². The molecule has 0 aromatic heterocycles. The van der Waals surface area contributed by atoms with Gasteiger partial charge in [0.15, 0.2) is 5.78 Å². The lowest BCUT2D eigenvalue weighted by atomic mass is 10.1. The molecule has 0 atom stereocenters. The van der Waals surface area contributed by atoms with Crippen molar-refractivity contribution in [1.82, 2.24) is 5.32 Å². The molecular formula is C15H17NO4. The first-order valence-corrected chi connectivity index (χ1v) is 6.23. The number of carboxylic acids is 1. The Bertz CT molecular complexity index is 517. The predicted molar refractivity (Wildman–Crippen MR) is 74.1 cm³/mol. The topological polar surface area (TPSA) is 83.5 Å². The van der Waals surface area contributed by atoms with Crippen LogP contribution in [0.4, 0.5) is 0 Å². The van der Waals surface area contributed by atoms with Crippen molar-refractivity contribution in [3.63, 3.8) is 0 Å². The fourth-order valence-electron chi connectivity index (χ4n) is 1.52. The van der Waals surface area contributed by atoms with Gasteiger partial charge < -0.3 is 10.4 Å². The molecule has 5 nitrogen and oxygen atoms in total. The zero-order valence-electron chi connectivity index (χ0n) is 11.3. The number of carbonyl (C=O) groups excluding carboxylic acids is 2. The van der Waals surface area contributed by atoms with Gasteiger partial charge in [0.25, 0.3) is 0 Å². The summed E-state index contributed by atoms with van der Waals surface area (Å²) in [4.78, 5) is 32.5. The molecule has 0 saturated carbocycles. The Morgan fingerprint density at radius 1 is 1.10 bits per heavy atom. The quantitative estimate of drug-likeness (QED) is 0.738. The average Bonchev–Trinajstić information content (AvgIpc) is 2.41. The molecular weight excluding hydrogens is 258 g/mol. The summed E-state index contributed by atoms with van der Waals surface area (Å²) in [6.45, 7) is 1.74. The number of amides is 1. The van der Waals surface area contributed by atoms with Gasteiger partial charge in [0.2, 0.25) is 5.91 Å². The smallest absolute Gasteiger partial charge is 0.303 e. The van der Waals surface area contributed by atoms with Crippen LogP contribution in [0.2, 0.25) is 0 Å². The summed E-state index contributed by atoms with van der Waals surface area (Å²) in [7, 11) is 0. The zero-order valence-corrected chi connectivity index (χ0v) is 11.3. The van der Waals surface area contributed by atoms with Gasteiger partial charge in [-0.2, -0.15) is 0 Å². The lowest BCUT2D eigenvalue weighted by Gasteiger charge is -2.04. The number of benzene rings is 1. The van der Waals surface area contributed by atoms with Crippen molar-refractivity contribution in [2.75, 3.05) is 0 Å². The molecule has 0 unspecified atom stereocenters. The first-order chi connectivity index (χ1) is 9.47. The molecule has 106 valence electrons. The summed E-state index contributed by atoms with van der Waals surface area (Å²) in [6, 6.07) is 7.37. The van der Waals surface area contributed by atoms with Crippen molar-refractivity contribution in [2.45, 2.75) is 26.3 Å². The highest BCUT2D eigenvalue weighted by Gasteiger charge is 2.00. The van der Waals surface area contributed by atoms with Gasteiger partial charge in [0.1, 0.15) is 0 Å². The van der Waals surface area contributed by atoms with Crippen LogP contribution in [-0.2, 0) is 27.3 Å². The summed E-state index contributed by atoms with van der Waals surface area (Å²) >= 11 is 0. The summed E-state index contributed by atoms with van der Waals surface area (Å²) < 4.78 is 0. The molecule has 0 aliphatic rings. The minimum absolute atomic E-state index is 0.103. The third-order valence-electron chi connectivity index (χ3n) is 2.59. The number of hydrogen-bond donors (Lipinski definition) is 2. The number of rotatable bonds is 7. The van der Waals surface area contributed by atoms with Gasteiger partial charge in [-0.05, 0) is 30.5 Å². The van der Waals surface area contributed by atoms with E-state index in [2.05, 4.69) is 5.32 Å². The van der Waals surface area contributed by atoms with E-state index in [1.165, 1.54) is 19.1 Å². The Balaban J connectivity index is 2.43. The maximum absolute atomic E-state index is 11.3. The van der Waals surface area contributed by atoms with Crippen molar-refractivity contribution >= 4 is 17.7 Å². The third-order valence-corrected chi connectivity index (χ3v) is 2.59. The largest absolute Gasteiger partial charge is 0.481 e. The van der Waals surface area contributed by atoms with Crippen molar-refractivity contribution in [1.29, 1.82) is 0 Å². The lowest BCUT2D eigenvalue weighted by molar-refractivity contribution is -0.137. The minimum atomic E-state index is -0.821. The SMILES string of the molecule is CC(=O)/C=C/C(=O)NCc1ccc(CCC(=O)O)cc1. The molecule has 0 heterocycles. The van der Waals surface area contributed by atoms with Crippen LogP contribution in [0.15, 0.2) is 36.4 Å². The fourth-order valence-corrected chi connectivity index (χ4v) is 1.52. The van der Waals surface area contributed by atoms with Gasteiger partial charge in [-0.3, -0.25) is 14.4 Å². The number of hydrogen-bond acceptors (Lipinski definition) is 3. The predicted octanol–water partition coefficient (Wildman–Crippen LogP) is 1.47. The molecule has 0 saturated heterocycles. The summed E-state index contributed by atoms with van der Waals surface area (Å²) in [5, 5.41) is 11.2. The molecule has 1 rings (SSSR count). The highest BCUT2D eigenvalue weighted by Crippen LogP contribution is 2.06. The van der Waals surface area contributed by atoms with Crippen molar-refractivity contribution in [2.24, 2.45) is 0 Å². The van der Waals surface area contributed by atoms with Crippen LogP contribution >= 0.6 is 0 Å². The maximum Gasteiger partial charge on any atom is 0.303 e. The highest BCUT2D eigenvalue weighted by molar-refractivity contribution is 5.96. The van der Waals surface area contributed by atoms with Crippen LogP contribution in [0, 0.1) is 0 Å². The molecule has 1 aromatic rings. The third kappa shape index (κ3) is 6.49. The van der Waals surface area contributed by atoms with E-state index >= 15 is 0 Å². The summed E-state index contributed by atoms with van der Waals surface area (Å²) in [5.74, 6) is -1.32. The first kappa shape index (κ1) is 15.6. The van der Waals surface area contributed by atoms with E-state index < -0.39 is 5.97 Å². The molecule has 0 fully saturated rings. The number of aliphatic carboxylic acids is 1. The standard InChI is InChI=1S/C15H17NO4/c1-11(17)2-8-14(18)16-10-13-5-3-12(4-6-13)7-9-15(19)20/h2-6,8H,7,9-10H2,1H3,(H,16,18)(H,19,20)/b8-2+. The molecule has 0 spiro atoms. The summed E-state index contributed by atoms with van der Waals surface area (Å²) in [5.41, 5.74) is 1.85. The van der Waals surface area contributed by atoms with Gasteiger partial charge in [-0.25, -0.2) is 0 Å². The monoisotopic (exact) mass is 275 g/mol. The maximum atomic E-state index is 11.3. The average molecular weight is 275 g/mol. The van der Waals surface area contributed by atoms with Crippen LogP contribution in [0.1, 0.15) is 24.5 Å². The van der Waals surface area contributed by atoms with E-state index in [4.69, 9.17) is 5.11 Å². The highest BCUT2D eigenvalue weighted by atomic mass is 16.4. The van der Waals surface area contributed by atoms with Gasteiger partial charge in [-0.15, -0.1) is 0 Å². The van der Waals surface area contributed by atoms with Crippen LogP contribution < -0.4 is 5.32 Å². The number of ketones is 1. The molecule has 0 radical (unpaired) electrons. The van der Waals surface area contributed by atoms with E-state index in [9.17, 15) is 14.4 Å². The van der Waals surface area contributed by atoms with Crippen LogP contribution in [0.5, 0.6) is 0 Å². The second-order valence-electron chi connectivity index (χ2n) is 4.37. The van der Waals surface area contributed by atoms with Crippen molar-refractivity contribution < 1.29 is 19.5 Å². The van der Waals surface area contributed by atoms with E-state index in [0.717, 1.165) is 11.1 Å². The van der Waals surface area contributed by atoms with Crippen LogP contribution in [0.25, 0.3) is 0 Å². The fraction of sp³-hybridized carbons (Fsp3) is 0.267. The van der Waals surface area contributed by atoms with E-state index in [1.807, 2.05) is 24.3 Å². The Morgan fingerprint density at radius 2 is 1.70 bits per heavy atom. The zero-order chi connectivity index (χ0) is 15.0. The Labute approximate surface area is 117 Å². The van der Waals surface area contributed by atoms with Crippen molar-refractivity contribution in [3.05, 3.63) is 47.5 Å². The molecule has 20 heavy (non-hydrogen) atoms. The number of carbonyl (C=O) groups is 3. The molecule has 0 aliphatic heterocycles. The molecule has 0 aliphatic carbocycles. The van der Waals surface area contributed by atoms with Crippen LogP contribution in [-0.4, -0.2) is 22.8 Å². The van der Waals surface area contributed by atoms with Gasteiger partial charge in [0.05, 0.1) is 0 Å². The Morgan fingerprint density at radius 3 is 2.25 bits per heavy atom. The number of allylic oxidation sites excluding steroid dienone is 1. The molecule has 2 N–H and O–H groups in total. The second-order valence-corrected chi connectivity index (χ2v) is 4.37. The summed E-state index contributed by atoms with van der Waals surface area (Å²) in [6.07, 6.45) is 3.00. The van der Waals surface area contributed by atoms with E-state index in [1.54, 1.807) is 0 Å². The minimum Gasteiger partial charge on any atom is -0.481 e. The molecule has 0 bridgehead atoms. The van der Waals surface area contributed by atoms with E-state index in [0.29, 0.717) is 13.0 Å². The van der Waals surface area contributed by atoms with Crippen molar-refractivity contribution in [3.8, 4) is 0 Å². The van der Waals surface area contributed by atoms with Gasteiger partial charge in [-0.1, -0.05) is 24.3 Å². The molecule has 1 amide bonds. The van der Waals surface area contributed by atoms with Gasteiger partial charge in [0, 0.05) is 19.0 Å². The Hall–Kier alpha value is -2.43. The Kier molecular flexibility index (Phi) is 6.16.